The van der Waals surface area contributed by atoms with E-state index >= 15 is 0 Å². The molecule has 0 aliphatic carbocycles. The molecule has 0 spiro atoms. The topological polar surface area (TPSA) is 53.2 Å². The van der Waals surface area contributed by atoms with E-state index in [-0.39, 0.29) is 11.4 Å². The fourth-order valence-electron chi connectivity index (χ4n) is 2.01. The van der Waals surface area contributed by atoms with E-state index in [1.165, 1.54) is 6.42 Å². The second kappa shape index (κ2) is 6.86. The lowest BCUT2D eigenvalue weighted by Gasteiger charge is -2.33. The number of hydrogen-bond donors (Lipinski definition) is 3. The molecule has 1 aliphatic heterocycles. The van der Waals surface area contributed by atoms with Crippen molar-refractivity contribution in [1.82, 2.24) is 16.0 Å². The van der Waals surface area contributed by atoms with Crippen LogP contribution in [0.4, 0.5) is 0 Å². The number of nitrogens with one attached hydrogen (secondary N) is 3. The van der Waals surface area contributed by atoms with Gasteiger partial charge in [0.2, 0.25) is 5.91 Å². The van der Waals surface area contributed by atoms with Gasteiger partial charge in [0, 0.05) is 13.1 Å². The fraction of sp³-hybridized carbons (Fsp3) is 0.917. The molecule has 0 aromatic rings. The molecule has 0 bridgehead atoms. The maximum Gasteiger partial charge on any atom is 0.240 e. The molecule has 1 amide bonds. The van der Waals surface area contributed by atoms with Crippen LogP contribution in [0.5, 0.6) is 0 Å². The highest BCUT2D eigenvalue weighted by Gasteiger charge is 2.33. The third kappa shape index (κ3) is 4.10. The average Bonchev–Trinajstić information content (AvgIpc) is 2.29. The molecule has 4 nitrogen and oxygen atoms in total. The van der Waals surface area contributed by atoms with Gasteiger partial charge in [-0.25, -0.2) is 0 Å². The summed E-state index contributed by atoms with van der Waals surface area (Å²) in [5.74, 6) is 0.144. The Hall–Kier alpha value is -0.610. The number of piperidine rings is 1. The highest BCUT2D eigenvalue weighted by molar-refractivity contribution is 5.85. The van der Waals surface area contributed by atoms with E-state index in [2.05, 4.69) is 22.9 Å². The van der Waals surface area contributed by atoms with E-state index in [1.807, 2.05) is 6.92 Å². The molecule has 4 heteroatoms. The summed E-state index contributed by atoms with van der Waals surface area (Å²) in [4.78, 5) is 12.0. The minimum atomic E-state index is -0.344. The van der Waals surface area contributed by atoms with Crippen LogP contribution >= 0.6 is 0 Å². The standard InChI is InChI=1S/C12H25N3O/c1-3-7-13-9-10-14-11(16)12(2)6-4-5-8-15-12/h13,15H,3-10H2,1-2H3,(H,14,16). The highest BCUT2D eigenvalue weighted by Crippen LogP contribution is 2.18. The Balaban J connectivity index is 2.18. The van der Waals surface area contributed by atoms with Crippen LogP contribution in [0, 0.1) is 0 Å². The average molecular weight is 227 g/mol. The number of carbonyl (C=O) groups is 1. The normalized spacial score (nSPS) is 25.4. The van der Waals surface area contributed by atoms with Crippen molar-refractivity contribution in [1.29, 1.82) is 0 Å². The largest absolute Gasteiger partial charge is 0.353 e. The monoisotopic (exact) mass is 227 g/mol. The Bertz CT molecular complexity index is 212. The van der Waals surface area contributed by atoms with E-state index in [9.17, 15) is 4.79 Å². The highest BCUT2D eigenvalue weighted by atomic mass is 16.2. The van der Waals surface area contributed by atoms with Gasteiger partial charge in [-0.3, -0.25) is 4.79 Å². The summed E-state index contributed by atoms with van der Waals surface area (Å²) in [7, 11) is 0. The molecule has 16 heavy (non-hydrogen) atoms. The Kier molecular flexibility index (Phi) is 5.77. The summed E-state index contributed by atoms with van der Waals surface area (Å²) < 4.78 is 0. The molecule has 3 N–H and O–H groups in total. The molecule has 0 saturated carbocycles. The molecule has 0 aromatic carbocycles. The fourth-order valence-corrected chi connectivity index (χ4v) is 2.01. The number of amides is 1. The molecular weight excluding hydrogens is 202 g/mol. The first-order valence-corrected chi connectivity index (χ1v) is 6.43. The van der Waals surface area contributed by atoms with Gasteiger partial charge in [0.15, 0.2) is 0 Å². The van der Waals surface area contributed by atoms with E-state index in [4.69, 9.17) is 0 Å². The predicted octanol–water partition coefficient (Wildman–Crippen LogP) is 0.634. The van der Waals surface area contributed by atoms with Crippen molar-refractivity contribution in [3.8, 4) is 0 Å². The molecule has 0 aromatic heterocycles. The molecule has 1 atom stereocenters. The Morgan fingerprint density at radius 1 is 1.31 bits per heavy atom. The SMILES string of the molecule is CCCNCCNC(=O)C1(C)CCCCN1. The van der Waals surface area contributed by atoms with Crippen LogP contribution in [0.1, 0.15) is 39.5 Å². The van der Waals surface area contributed by atoms with Crippen molar-refractivity contribution < 1.29 is 4.79 Å². The summed E-state index contributed by atoms with van der Waals surface area (Å²) in [5, 5.41) is 9.57. The molecule has 1 fully saturated rings. The van der Waals surface area contributed by atoms with Gasteiger partial charge in [-0.1, -0.05) is 6.92 Å². The van der Waals surface area contributed by atoms with Gasteiger partial charge in [0.05, 0.1) is 5.54 Å². The Morgan fingerprint density at radius 3 is 2.75 bits per heavy atom. The molecule has 1 aliphatic rings. The Labute approximate surface area is 98.6 Å². The van der Waals surface area contributed by atoms with Gasteiger partial charge in [0.25, 0.3) is 0 Å². The molecule has 1 rings (SSSR count). The first kappa shape index (κ1) is 13.5. The van der Waals surface area contributed by atoms with Crippen molar-refractivity contribution in [3.05, 3.63) is 0 Å². The van der Waals surface area contributed by atoms with Crippen molar-refractivity contribution in [2.24, 2.45) is 0 Å². The van der Waals surface area contributed by atoms with E-state index in [1.54, 1.807) is 0 Å². The zero-order valence-corrected chi connectivity index (χ0v) is 10.6. The zero-order chi connectivity index (χ0) is 11.9. The van der Waals surface area contributed by atoms with Gasteiger partial charge in [-0.05, 0) is 45.7 Å². The van der Waals surface area contributed by atoms with Gasteiger partial charge in [0.1, 0.15) is 0 Å². The summed E-state index contributed by atoms with van der Waals surface area (Å²) in [5.41, 5.74) is -0.344. The van der Waals surface area contributed by atoms with Crippen molar-refractivity contribution in [2.75, 3.05) is 26.2 Å². The zero-order valence-electron chi connectivity index (χ0n) is 10.6. The van der Waals surface area contributed by atoms with Crippen molar-refractivity contribution >= 4 is 5.91 Å². The molecule has 1 saturated heterocycles. The number of hydrogen-bond acceptors (Lipinski definition) is 3. The van der Waals surface area contributed by atoms with E-state index in [0.717, 1.165) is 45.4 Å². The molecular formula is C12H25N3O. The molecule has 0 radical (unpaired) electrons. The minimum Gasteiger partial charge on any atom is -0.353 e. The third-order valence-electron chi connectivity index (χ3n) is 3.13. The van der Waals surface area contributed by atoms with Crippen LogP contribution < -0.4 is 16.0 Å². The maximum absolute atomic E-state index is 12.0. The van der Waals surface area contributed by atoms with Gasteiger partial charge >= 0.3 is 0 Å². The van der Waals surface area contributed by atoms with Crippen molar-refractivity contribution in [3.63, 3.8) is 0 Å². The van der Waals surface area contributed by atoms with Crippen molar-refractivity contribution in [2.45, 2.75) is 45.1 Å². The van der Waals surface area contributed by atoms with Gasteiger partial charge in [-0.2, -0.15) is 0 Å². The van der Waals surface area contributed by atoms with E-state index in [0.29, 0.717) is 0 Å². The molecule has 1 unspecified atom stereocenters. The second-order valence-electron chi connectivity index (χ2n) is 4.72. The minimum absolute atomic E-state index is 0.144. The predicted molar refractivity (Wildman–Crippen MR) is 66.4 cm³/mol. The summed E-state index contributed by atoms with van der Waals surface area (Å²) >= 11 is 0. The number of carbonyl (C=O) groups excluding carboxylic acids is 1. The van der Waals surface area contributed by atoms with Gasteiger partial charge < -0.3 is 16.0 Å². The lowest BCUT2D eigenvalue weighted by Crippen LogP contribution is -2.57. The second-order valence-corrected chi connectivity index (χ2v) is 4.72. The van der Waals surface area contributed by atoms with Crippen LogP contribution in [0.15, 0.2) is 0 Å². The Morgan fingerprint density at radius 2 is 2.12 bits per heavy atom. The van der Waals surface area contributed by atoms with E-state index < -0.39 is 0 Å². The van der Waals surface area contributed by atoms with Crippen LogP contribution in [-0.2, 0) is 4.79 Å². The maximum atomic E-state index is 12.0. The quantitative estimate of drug-likeness (QED) is 0.584. The van der Waals surface area contributed by atoms with Gasteiger partial charge in [-0.15, -0.1) is 0 Å². The van der Waals surface area contributed by atoms with Crippen LogP contribution in [0.25, 0.3) is 0 Å². The van der Waals surface area contributed by atoms with Crippen LogP contribution in [-0.4, -0.2) is 37.6 Å². The lowest BCUT2D eigenvalue weighted by atomic mass is 9.90. The van der Waals surface area contributed by atoms with Crippen LogP contribution in [0.2, 0.25) is 0 Å². The summed E-state index contributed by atoms with van der Waals surface area (Å²) in [6.45, 7) is 7.69. The third-order valence-corrected chi connectivity index (χ3v) is 3.13. The summed E-state index contributed by atoms with van der Waals surface area (Å²) in [6, 6.07) is 0. The molecule has 1 heterocycles. The first-order chi connectivity index (χ1) is 7.69. The number of rotatable bonds is 6. The summed E-state index contributed by atoms with van der Waals surface area (Å²) in [6.07, 6.45) is 4.40. The lowest BCUT2D eigenvalue weighted by molar-refractivity contribution is -0.127. The first-order valence-electron chi connectivity index (χ1n) is 6.43. The van der Waals surface area contributed by atoms with Crippen LogP contribution in [0.3, 0.4) is 0 Å². The smallest absolute Gasteiger partial charge is 0.240 e. The molecule has 94 valence electrons.